The zero-order valence-corrected chi connectivity index (χ0v) is 12.9. The van der Waals surface area contributed by atoms with Crippen molar-refractivity contribution in [3.05, 3.63) is 35.9 Å². The van der Waals surface area contributed by atoms with Gasteiger partial charge in [0.15, 0.2) is 0 Å². The van der Waals surface area contributed by atoms with Gasteiger partial charge in [-0.1, -0.05) is 25.1 Å². The number of carbonyl (C=O) groups is 1. The highest BCUT2D eigenvalue weighted by molar-refractivity contribution is 7.84. The number of anilines is 1. The number of nitrogens with two attached hydrogens (primary N) is 1. The first-order valence-electron chi connectivity index (χ1n) is 6.74. The molecule has 2 aromatic rings. The predicted molar refractivity (Wildman–Crippen MR) is 86.6 cm³/mol. The minimum atomic E-state index is -0.877. The highest BCUT2D eigenvalue weighted by Gasteiger charge is 2.12. The minimum Gasteiger partial charge on any atom is -0.384 e. The Balaban J connectivity index is 2.14. The lowest BCUT2D eigenvalue weighted by atomic mass is 10.1. The second-order valence-electron chi connectivity index (χ2n) is 4.97. The van der Waals surface area contributed by atoms with Gasteiger partial charge in [-0.15, -0.1) is 0 Å². The monoisotopic (exact) mass is 305 g/mol. The summed E-state index contributed by atoms with van der Waals surface area (Å²) < 4.78 is 11.3. The van der Waals surface area contributed by atoms with Crippen LogP contribution in [0.15, 0.2) is 30.3 Å². The molecule has 0 aliphatic rings. The molecule has 1 amide bonds. The van der Waals surface area contributed by atoms with Crippen LogP contribution in [-0.2, 0) is 10.8 Å². The van der Waals surface area contributed by atoms with Crippen LogP contribution in [0.3, 0.4) is 0 Å². The van der Waals surface area contributed by atoms with Crippen molar-refractivity contribution >= 4 is 33.4 Å². The van der Waals surface area contributed by atoms with Crippen LogP contribution in [0.2, 0.25) is 0 Å². The molecule has 1 aromatic heterocycles. The lowest BCUT2D eigenvalue weighted by Crippen LogP contribution is -2.27. The van der Waals surface area contributed by atoms with Gasteiger partial charge in [-0.3, -0.25) is 9.00 Å². The summed E-state index contributed by atoms with van der Waals surface area (Å²) in [6.07, 6.45) is 2.34. The summed E-state index contributed by atoms with van der Waals surface area (Å²) >= 11 is 0. The average molecular weight is 305 g/mol. The van der Waals surface area contributed by atoms with Crippen molar-refractivity contribution in [3.8, 4) is 0 Å². The van der Waals surface area contributed by atoms with Gasteiger partial charge in [-0.05, 0) is 18.6 Å². The molecule has 5 nitrogen and oxygen atoms in total. The van der Waals surface area contributed by atoms with Gasteiger partial charge in [0.05, 0.1) is 11.1 Å². The molecule has 3 N–H and O–H groups in total. The van der Waals surface area contributed by atoms with Crippen LogP contribution in [0.1, 0.15) is 23.7 Å². The number of nitrogen functional groups attached to an aromatic ring is 1. The lowest BCUT2D eigenvalue weighted by Gasteiger charge is -2.11. The molecule has 0 spiro atoms. The number of aromatic nitrogens is 1. The van der Waals surface area contributed by atoms with E-state index in [0.29, 0.717) is 29.9 Å². The molecular weight excluding hydrogens is 286 g/mol. The maximum Gasteiger partial charge on any atom is 0.252 e. The molecule has 0 saturated carbocycles. The number of pyridine rings is 1. The molecule has 0 radical (unpaired) electrons. The van der Waals surface area contributed by atoms with Gasteiger partial charge in [0, 0.05) is 34.2 Å². The average Bonchev–Trinajstić information content (AvgIpc) is 2.45. The number of para-hydroxylation sites is 1. The van der Waals surface area contributed by atoms with Crippen LogP contribution < -0.4 is 11.1 Å². The Hall–Kier alpha value is -1.95. The Labute approximate surface area is 126 Å². The molecule has 6 heteroatoms. The van der Waals surface area contributed by atoms with Crippen molar-refractivity contribution in [2.24, 2.45) is 0 Å². The summed E-state index contributed by atoms with van der Waals surface area (Å²) in [5.41, 5.74) is 6.96. The van der Waals surface area contributed by atoms with Gasteiger partial charge < -0.3 is 11.1 Å². The smallest absolute Gasteiger partial charge is 0.252 e. The van der Waals surface area contributed by atoms with Crippen molar-refractivity contribution in [2.45, 2.75) is 18.6 Å². The Morgan fingerprint density at radius 3 is 2.86 bits per heavy atom. The number of fused-ring (bicyclic) bond motifs is 1. The molecule has 2 atom stereocenters. The number of nitrogens with zero attached hydrogens (tertiary/aromatic N) is 1. The first-order valence-corrected chi connectivity index (χ1v) is 8.37. The topological polar surface area (TPSA) is 85.1 Å². The number of rotatable bonds is 5. The third kappa shape index (κ3) is 3.78. The number of benzene rings is 1. The molecule has 2 rings (SSSR count). The highest BCUT2D eigenvalue weighted by atomic mass is 32.2. The molecule has 112 valence electrons. The van der Waals surface area contributed by atoms with Gasteiger partial charge in [0.25, 0.3) is 5.91 Å². The van der Waals surface area contributed by atoms with E-state index in [1.54, 1.807) is 12.3 Å². The summed E-state index contributed by atoms with van der Waals surface area (Å²) in [5.74, 6) is 0.135. The number of amides is 1. The second kappa shape index (κ2) is 6.67. The van der Waals surface area contributed by atoms with E-state index in [4.69, 9.17) is 5.73 Å². The minimum absolute atomic E-state index is 0.0598. The number of carbonyl (C=O) groups excluding carboxylic acids is 1. The largest absolute Gasteiger partial charge is 0.384 e. The Morgan fingerprint density at radius 2 is 2.14 bits per heavy atom. The first-order chi connectivity index (χ1) is 9.99. The van der Waals surface area contributed by atoms with Gasteiger partial charge in [0.1, 0.15) is 5.82 Å². The van der Waals surface area contributed by atoms with Crippen LogP contribution >= 0.6 is 0 Å². The Morgan fingerprint density at radius 1 is 1.43 bits per heavy atom. The van der Waals surface area contributed by atoms with Crippen LogP contribution in [0.4, 0.5) is 5.82 Å². The molecule has 2 unspecified atom stereocenters. The maximum absolute atomic E-state index is 12.3. The fraction of sp³-hybridized carbons (Fsp3) is 0.333. The predicted octanol–water partition coefficient (Wildman–Crippen LogP) is 1.70. The van der Waals surface area contributed by atoms with Crippen molar-refractivity contribution in [2.75, 3.05) is 18.5 Å². The molecule has 0 aliphatic heterocycles. The summed E-state index contributed by atoms with van der Waals surface area (Å²) in [4.78, 5) is 16.5. The van der Waals surface area contributed by atoms with Gasteiger partial charge in [0.2, 0.25) is 0 Å². The quantitative estimate of drug-likeness (QED) is 0.880. The van der Waals surface area contributed by atoms with E-state index in [1.807, 2.05) is 31.2 Å². The summed E-state index contributed by atoms with van der Waals surface area (Å²) in [6.45, 7) is 2.39. The van der Waals surface area contributed by atoms with Gasteiger partial charge >= 0.3 is 0 Å². The van der Waals surface area contributed by atoms with Crippen LogP contribution in [-0.4, -0.2) is 33.2 Å². The molecule has 0 fully saturated rings. The molecule has 0 saturated heterocycles. The van der Waals surface area contributed by atoms with E-state index >= 15 is 0 Å². The second-order valence-corrected chi connectivity index (χ2v) is 6.77. The first kappa shape index (κ1) is 15.4. The molecule has 1 heterocycles. The zero-order chi connectivity index (χ0) is 15.4. The summed E-state index contributed by atoms with van der Waals surface area (Å²) in [7, 11) is -0.877. The van der Waals surface area contributed by atoms with Crippen molar-refractivity contribution < 1.29 is 9.00 Å². The SMILES string of the molecule is CC(CCNC(=O)c1cc(N)nc2ccccc12)S(C)=O. The van der Waals surface area contributed by atoms with Crippen molar-refractivity contribution in [3.63, 3.8) is 0 Å². The van der Waals surface area contributed by atoms with Gasteiger partial charge in [-0.2, -0.15) is 0 Å². The molecule has 1 aromatic carbocycles. The lowest BCUT2D eigenvalue weighted by molar-refractivity contribution is 0.0955. The molecule has 0 aliphatic carbocycles. The fourth-order valence-electron chi connectivity index (χ4n) is 2.03. The third-order valence-electron chi connectivity index (χ3n) is 3.38. The standard InChI is InChI=1S/C15H19N3O2S/c1-10(21(2)20)7-8-17-15(19)12-9-14(16)18-13-6-4-3-5-11(12)13/h3-6,9-10H,7-8H2,1-2H3,(H2,16,18)(H,17,19). The van der Waals surface area contributed by atoms with E-state index in [9.17, 15) is 9.00 Å². The van der Waals surface area contributed by atoms with Gasteiger partial charge in [-0.25, -0.2) is 4.98 Å². The zero-order valence-electron chi connectivity index (χ0n) is 12.1. The third-order valence-corrected chi connectivity index (χ3v) is 4.75. The van der Waals surface area contributed by atoms with Crippen LogP contribution in [0.5, 0.6) is 0 Å². The normalized spacial score (nSPS) is 13.8. The maximum atomic E-state index is 12.3. The Kier molecular flexibility index (Phi) is 4.90. The van der Waals surface area contributed by atoms with E-state index in [0.717, 1.165) is 5.39 Å². The summed E-state index contributed by atoms with van der Waals surface area (Å²) in [6, 6.07) is 8.97. The molecule has 21 heavy (non-hydrogen) atoms. The summed E-state index contributed by atoms with van der Waals surface area (Å²) in [5, 5.41) is 3.68. The number of hydrogen-bond acceptors (Lipinski definition) is 4. The fourth-order valence-corrected chi connectivity index (χ4v) is 2.48. The highest BCUT2D eigenvalue weighted by Crippen LogP contribution is 2.19. The van der Waals surface area contributed by atoms with Crippen molar-refractivity contribution in [1.82, 2.24) is 10.3 Å². The Bertz CT molecular complexity index is 688. The van der Waals surface area contributed by atoms with Crippen LogP contribution in [0, 0.1) is 0 Å². The number of nitrogens with one attached hydrogen (secondary N) is 1. The number of hydrogen-bond donors (Lipinski definition) is 2. The van der Waals surface area contributed by atoms with Crippen LogP contribution in [0.25, 0.3) is 10.9 Å². The van der Waals surface area contributed by atoms with E-state index in [-0.39, 0.29) is 11.2 Å². The van der Waals surface area contributed by atoms with Crippen molar-refractivity contribution in [1.29, 1.82) is 0 Å². The van der Waals surface area contributed by atoms with E-state index in [2.05, 4.69) is 10.3 Å². The molecular formula is C15H19N3O2S. The molecule has 0 bridgehead atoms. The van der Waals surface area contributed by atoms with E-state index < -0.39 is 10.8 Å². The van der Waals surface area contributed by atoms with E-state index in [1.165, 1.54) is 0 Å².